The van der Waals surface area contributed by atoms with E-state index in [0.717, 1.165) is 23.1 Å². The second kappa shape index (κ2) is 7.96. The van der Waals surface area contributed by atoms with E-state index in [4.69, 9.17) is 0 Å². The predicted octanol–water partition coefficient (Wildman–Crippen LogP) is 2.42. The number of rotatable bonds is 8. The van der Waals surface area contributed by atoms with Crippen LogP contribution in [0, 0.1) is 3.57 Å². The third-order valence-electron chi connectivity index (χ3n) is 2.33. The van der Waals surface area contributed by atoms with E-state index in [1.54, 1.807) is 6.07 Å². The number of hydrogen-bond acceptors (Lipinski definition) is 3. The van der Waals surface area contributed by atoms with Gasteiger partial charge in [-0.25, -0.2) is 8.42 Å². The maximum atomic E-state index is 11.8. The van der Waals surface area contributed by atoms with Crippen molar-refractivity contribution in [3.63, 3.8) is 0 Å². The summed E-state index contributed by atoms with van der Waals surface area (Å²) in [5.74, 6) is 0.148. The van der Waals surface area contributed by atoms with E-state index >= 15 is 0 Å². The van der Waals surface area contributed by atoms with Crippen molar-refractivity contribution in [3.8, 4) is 0 Å². The first kappa shape index (κ1) is 15.7. The van der Waals surface area contributed by atoms with Crippen LogP contribution >= 0.6 is 22.6 Å². The number of nitrogens with one attached hydrogen (secondary N) is 2. The Hall–Kier alpha value is -0.340. The van der Waals surface area contributed by atoms with Gasteiger partial charge in [0.2, 0.25) is 10.0 Å². The highest BCUT2D eigenvalue weighted by Crippen LogP contribution is 2.18. The van der Waals surface area contributed by atoms with Gasteiger partial charge in [0, 0.05) is 3.57 Å². The molecule has 0 aliphatic heterocycles. The summed E-state index contributed by atoms with van der Waals surface area (Å²) < 4.78 is 27.2. The topological polar surface area (TPSA) is 58.2 Å². The van der Waals surface area contributed by atoms with Gasteiger partial charge >= 0.3 is 0 Å². The molecule has 0 spiro atoms. The molecule has 18 heavy (non-hydrogen) atoms. The highest BCUT2D eigenvalue weighted by molar-refractivity contribution is 14.1. The fourth-order valence-electron chi connectivity index (χ4n) is 1.45. The van der Waals surface area contributed by atoms with Gasteiger partial charge in [0.25, 0.3) is 0 Å². The van der Waals surface area contributed by atoms with E-state index in [9.17, 15) is 8.42 Å². The largest absolute Gasteiger partial charge is 0.317 e. The Morgan fingerprint density at radius 3 is 2.61 bits per heavy atom. The Morgan fingerprint density at radius 1 is 1.22 bits per heavy atom. The van der Waals surface area contributed by atoms with E-state index < -0.39 is 10.0 Å². The van der Waals surface area contributed by atoms with Gasteiger partial charge in [-0.2, -0.15) is 0 Å². The van der Waals surface area contributed by atoms with Crippen molar-refractivity contribution in [2.45, 2.75) is 19.8 Å². The van der Waals surface area contributed by atoms with Crippen molar-refractivity contribution < 1.29 is 8.42 Å². The van der Waals surface area contributed by atoms with Crippen LogP contribution in [0.15, 0.2) is 24.3 Å². The van der Waals surface area contributed by atoms with Gasteiger partial charge in [0.05, 0.1) is 11.4 Å². The second-order valence-corrected chi connectivity index (χ2v) is 7.01. The van der Waals surface area contributed by atoms with E-state index in [1.165, 1.54) is 0 Å². The Morgan fingerprint density at radius 2 is 1.94 bits per heavy atom. The van der Waals surface area contributed by atoms with Crippen LogP contribution in [0.2, 0.25) is 0 Å². The molecule has 0 unspecified atom stereocenters. The fraction of sp³-hybridized carbons (Fsp3) is 0.500. The molecular formula is C12H19IN2O2S. The Labute approximate surface area is 123 Å². The van der Waals surface area contributed by atoms with Gasteiger partial charge in [-0.1, -0.05) is 19.1 Å². The molecule has 0 aliphatic rings. The molecule has 0 fully saturated rings. The molecule has 1 rings (SSSR count). The minimum Gasteiger partial charge on any atom is -0.317 e. The van der Waals surface area contributed by atoms with E-state index in [2.05, 4.69) is 39.6 Å². The summed E-state index contributed by atoms with van der Waals surface area (Å²) in [5.41, 5.74) is 0.652. The number of halogens is 1. The molecule has 0 heterocycles. The minimum absolute atomic E-state index is 0.148. The SMILES string of the molecule is CCCNCCCS(=O)(=O)Nc1ccccc1I. The zero-order valence-corrected chi connectivity index (χ0v) is 13.4. The molecule has 0 saturated heterocycles. The molecule has 6 heteroatoms. The summed E-state index contributed by atoms with van der Waals surface area (Å²) in [6.45, 7) is 3.76. The molecule has 0 atom stereocenters. The smallest absolute Gasteiger partial charge is 0.232 e. The normalized spacial score (nSPS) is 11.4. The lowest BCUT2D eigenvalue weighted by Crippen LogP contribution is -2.22. The summed E-state index contributed by atoms with van der Waals surface area (Å²) >= 11 is 2.12. The van der Waals surface area contributed by atoms with Gasteiger partial charge in [0.15, 0.2) is 0 Å². The van der Waals surface area contributed by atoms with E-state index in [0.29, 0.717) is 12.1 Å². The van der Waals surface area contributed by atoms with Crippen LogP contribution in [0.4, 0.5) is 5.69 Å². The van der Waals surface area contributed by atoms with Crippen LogP contribution in [-0.2, 0) is 10.0 Å². The summed E-state index contributed by atoms with van der Waals surface area (Å²) in [5, 5.41) is 3.19. The van der Waals surface area contributed by atoms with Crippen molar-refractivity contribution in [2.75, 3.05) is 23.6 Å². The van der Waals surface area contributed by atoms with Crippen molar-refractivity contribution in [1.29, 1.82) is 0 Å². The molecule has 0 radical (unpaired) electrons. The Balaban J connectivity index is 2.43. The predicted molar refractivity (Wildman–Crippen MR) is 84.3 cm³/mol. The molecule has 1 aromatic carbocycles. The van der Waals surface area contributed by atoms with Crippen LogP contribution < -0.4 is 10.0 Å². The number of benzene rings is 1. The first-order valence-corrected chi connectivity index (χ1v) is 8.74. The molecule has 0 aromatic heterocycles. The monoisotopic (exact) mass is 382 g/mol. The number of sulfonamides is 1. The highest BCUT2D eigenvalue weighted by Gasteiger charge is 2.11. The maximum Gasteiger partial charge on any atom is 0.232 e. The number of hydrogen-bond donors (Lipinski definition) is 2. The van der Waals surface area contributed by atoms with Gasteiger partial charge in [-0.15, -0.1) is 0 Å². The zero-order chi connectivity index (χ0) is 13.4. The van der Waals surface area contributed by atoms with Crippen molar-refractivity contribution in [2.24, 2.45) is 0 Å². The van der Waals surface area contributed by atoms with Gasteiger partial charge < -0.3 is 5.32 Å². The van der Waals surface area contributed by atoms with Gasteiger partial charge in [-0.05, 0) is 60.7 Å². The van der Waals surface area contributed by atoms with Crippen molar-refractivity contribution in [3.05, 3.63) is 27.8 Å². The molecule has 4 nitrogen and oxygen atoms in total. The van der Waals surface area contributed by atoms with Crippen LogP contribution in [-0.4, -0.2) is 27.3 Å². The zero-order valence-electron chi connectivity index (χ0n) is 10.4. The first-order chi connectivity index (χ1) is 8.55. The average Bonchev–Trinajstić information content (AvgIpc) is 2.31. The molecule has 0 bridgehead atoms. The van der Waals surface area contributed by atoms with Crippen LogP contribution in [0.5, 0.6) is 0 Å². The van der Waals surface area contributed by atoms with E-state index in [-0.39, 0.29) is 5.75 Å². The summed E-state index contributed by atoms with van der Waals surface area (Å²) in [7, 11) is -3.24. The van der Waals surface area contributed by atoms with Crippen LogP contribution in [0.1, 0.15) is 19.8 Å². The standard InChI is InChI=1S/C12H19IN2O2S/c1-2-8-14-9-5-10-18(16,17)15-12-7-4-3-6-11(12)13/h3-4,6-7,14-15H,2,5,8-10H2,1H3. The molecule has 1 aromatic rings. The van der Waals surface area contributed by atoms with Gasteiger partial charge in [-0.3, -0.25) is 4.72 Å². The third-order valence-corrected chi connectivity index (χ3v) is 4.63. The number of para-hydroxylation sites is 1. The first-order valence-electron chi connectivity index (χ1n) is 6.01. The quantitative estimate of drug-likeness (QED) is 0.536. The average molecular weight is 382 g/mol. The molecule has 102 valence electrons. The minimum atomic E-state index is -3.24. The molecular weight excluding hydrogens is 363 g/mol. The van der Waals surface area contributed by atoms with Crippen LogP contribution in [0.3, 0.4) is 0 Å². The summed E-state index contributed by atoms with van der Waals surface area (Å²) in [6, 6.07) is 7.35. The van der Waals surface area contributed by atoms with Crippen molar-refractivity contribution in [1.82, 2.24) is 5.32 Å². The van der Waals surface area contributed by atoms with Crippen molar-refractivity contribution >= 4 is 38.3 Å². The molecule has 0 amide bonds. The second-order valence-electron chi connectivity index (χ2n) is 4.00. The Bertz CT molecular complexity index is 463. The third kappa shape index (κ3) is 6.01. The Kier molecular flexibility index (Phi) is 6.95. The van der Waals surface area contributed by atoms with Crippen LogP contribution in [0.25, 0.3) is 0 Å². The fourth-order valence-corrected chi connectivity index (χ4v) is 3.30. The lowest BCUT2D eigenvalue weighted by molar-refractivity contribution is 0.593. The molecule has 0 saturated carbocycles. The summed E-state index contributed by atoms with van der Waals surface area (Å²) in [4.78, 5) is 0. The van der Waals surface area contributed by atoms with E-state index in [1.807, 2.05) is 18.2 Å². The lowest BCUT2D eigenvalue weighted by atomic mass is 10.3. The molecule has 0 aliphatic carbocycles. The maximum absolute atomic E-state index is 11.8. The highest BCUT2D eigenvalue weighted by atomic mass is 127. The lowest BCUT2D eigenvalue weighted by Gasteiger charge is -2.09. The molecule has 2 N–H and O–H groups in total. The summed E-state index contributed by atoms with van der Waals surface area (Å²) in [6.07, 6.45) is 1.69. The van der Waals surface area contributed by atoms with Gasteiger partial charge in [0.1, 0.15) is 0 Å². The number of anilines is 1.